The zero-order valence-corrected chi connectivity index (χ0v) is 24.8. The Morgan fingerprint density at radius 1 is 0.571 bits per heavy atom. The molecule has 2 aromatic rings. The van der Waals surface area contributed by atoms with Crippen LogP contribution in [0, 0.1) is 16.7 Å². The standard InChI is InChI=1S/C20H28.2C7H7.Ti/c1-12-10-19(8,16(5)14(12)3)18(7)20(9)11-13(2)15(4)17(20)6;2*1-7-5-3-2-4-6-7;/h18H,1-9H3;2*2-6H,1H2;. The van der Waals surface area contributed by atoms with Crippen LogP contribution in [-0.4, -0.2) is 0 Å². The molecule has 0 nitrogen and oxygen atoms in total. The normalized spacial score (nSPS) is 29.8. The fourth-order valence-corrected chi connectivity index (χ4v) is 20.5. The summed E-state index contributed by atoms with van der Waals surface area (Å²) in [6, 6.07) is 22.9. The van der Waals surface area contributed by atoms with Gasteiger partial charge in [-0.25, -0.2) is 0 Å². The van der Waals surface area contributed by atoms with E-state index in [2.05, 4.69) is 123 Å². The predicted molar refractivity (Wildman–Crippen MR) is 148 cm³/mol. The Morgan fingerprint density at radius 3 is 1.26 bits per heavy atom. The van der Waals surface area contributed by atoms with E-state index in [1.165, 1.54) is 20.6 Å². The van der Waals surface area contributed by atoms with E-state index >= 15 is 0 Å². The molecule has 0 spiro atoms. The summed E-state index contributed by atoms with van der Waals surface area (Å²) in [4.78, 5) is 0. The topological polar surface area (TPSA) is 0 Å². The Balaban J connectivity index is 1.91. The summed E-state index contributed by atoms with van der Waals surface area (Å²) in [7, 11) is 0. The third-order valence-corrected chi connectivity index (χ3v) is 19.9. The van der Waals surface area contributed by atoms with Gasteiger partial charge in [0.05, 0.1) is 0 Å². The summed E-state index contributed by atoms with van der Waals surface area (Å²) in [6.45, 7) is 22.4. The van der Waals surface area contributed by atoms with Crippen LogP contribution in [0.1, 0.15) is 73.4 Å². The second-order valence-electron chi connectivity index (χ2n) is 12.0. The van der Waals surface area contributed by atoms with E-state index in [4.69, 9.17) is 0 Å². The molecule has 1 heteroatoms. The van der Waals surface area contributed by atoms with E-state index in [9.17, 15) is 0 Å². The zero-order valence-electron chi connectivity index (χ0n) is 23.3. The fourth-order valence-electron chi connectivity index (χ4n) is 8.67. The van der Waals surface area contributed by atoms with Crippen molar-refractivity contribution < 1.29 is 16.6 Å². The van der Waals surface area contributed by atoms with Crippen molar-refractivity contribution >= 4 is 0 Å². The Hall–Kier alpha value is -1.89. The molecule has 0 amide bonds. The molecule has 2 atom stereocenters. The number of hydrogen-bond acceptors (Lipinski definition) is 0. The van der Waals surface area contributed by atoms with Crippen LogP contribution in [0.15, 0.2) is 102 Å². The van der Waals surface area contributed by atoms with E-state index in [0.29, 0.717) is 5.92 Å². The third-order valence-electron chi connectivity index (χ3n) is 11.0. The van der Waals surface area contributed by atoms with Crippen LogP contribution in [0.5, 0.6) is 0 Å². The molecule has 1 aliphatic heterocycles. The summed E-state index contributed by atoms with van der Waals surface area (Å²) in [5, 5.41) is 0. The average Bonchev–Trinajstić information content (AvgIpc) is 3.15. The molecule has 1 fully saturated rings. The van der Waals surface area contributed by atoms with Crippen molar-refractivity contribution in [1.82, 2.24) is 0 Å². The maximum atomic E-state index is 2.62. The van der Waals surface area contributed by atoms with Gasteiger partial charge < -0.3 is 0 Å². The Kier molecular flexibility index (Phi) is 5.90. The first-order valence-corrected chi connectivity index (χ1v) is 17.2. The van der Waals surface area contributed by atoms with Gasteiger partial charge in [0.2, 0.25) is 0 Å². The summed E-state index contributed by atoms with van der Waals surface area (Å²) < 4.78 is 6.21. The van der Waals surface area contributed by atoms with Gasteiger partial charge in [0, 0.05) is 0 Å². The molecule has 0 saturated carbocycles. The van der Waals surface area contributed by atoms with Crippen LogP contribution in [0.4, 0.5) is 0 Å². The molecule has 35 heavy (non-hydrogen) atoms. The molecule has 5 rings (SSSR count). The van der Waals surface area contributed by atoms with E-state index in [1.54, 1.807) is 33.4 Å². The Morgan fingerprint density at radius 2 is 0.914 bits per heavy atom. The maximum absolute atomic E-state index is 2.99. The molecule has 0 radical (unpaired) electrons. The van der Waals surface area contributed by atoms with Gasteiger partial charge in [-0.1, -0.05) is 0 Å². The van der Waals surface area contributed by atoms with E-state index < -0.39 is 16.6 Å². The minimum absolute atomic E-state index is 0.127. The van der Waals surface area contributed by atoms with Crippen LogP contribution in [0.2, 0.25) is 0 Å². The van der Waals surface area contributed by atoms with Crippen LogP contribution in [0.3, 0.4) is 0 Å². The molecule has 0 bridgehead atoms. The molecule has 1 heterocycles. The summed E-state index contributed by atoms with van der Waals surface area (Å²) in [5.41, 5.74) is 12.9. The number of rotatable bonds is 4. The van der Waals surface area contributed by atoms with Crippen molar-refractivity contribution in [2.75, 3.05) is 0 Å². The molecule has 2 aromatic carbocycles. The van der Waals surface area contributed by atoms with Crippen molar-refractivity contribution in [3.05, 3.63) is 113 Å². The van der Waals surface area contributed by atoms with Crippen LogP contribution in [0.25, 0.3) is 0 Å². The molecule has 182 valence electrons. The van der Waals surface area contributed by atoms with Gasteiger partial charge in [0.1, 0.15) is 0 Å². The number of allylic oxidation sites excluding steroid dienone is 8. The molecule has 0 N–H and O–H groups in total. The molecular weight excluding hydrogens is 456 g/mol. The number of benzene rings is 2. The second-order valence-corrected chi connectivity index (χ2v) is 18.1. The zero-order chi connectivity index (χ0) is 25.3. The molecular formula is C34H42Ti. The van der Waals surface area contributed by atoms with Crippen LogP contribution >= 0.6 is 0 Å². The Labute approximate surface area is 217 Å². The first-order valence-electron chi connectivity index (χ1n) is 13.4. The van der Waals surface area contributed by atoms with Gasteiger partial charge in [0.25, 0.3) is 0 Å². The minimum atomic E-state index is -2.99. The van der Waals surface area contributed by atoms with Gasteiger partial charge in [-0.2, -0.15) is 0 Å². The van der Waals surface area contributed by atoms with Crippen molar-refractivity contribution in [2.24, 2.45) is 16.7 Å². The van der Waals surface area contributed by atoms with Crippen LogP contribution < -0.4 is 0 Å². The van der Waals surface area contributed by atoms with Crippen molar-refractivity contribution in [3.8, 4) is 0 Å². The van der Waals surface area contributed by atoms with Gasteiger partial charge in [-0.05, 0) is 0 Å². The molecule has 1 saturated heterocycles. The van der Waals surface area contributed by atoms with E-state index in [1.807, 2.05) is 7.76 Å². The van der Waals surface area contributed by atoms with E-state index in [0.717, 1.165) is 0 Å². The molecule has 2 unspecified atom stereocenters. The monoisotopic (exact) mass is 498 g/mol. The number of hydrogen-bond donors (Lipinski definition) is 0. The van der Waals surface area contributed by atoms with E-state index in [-0.39, 0.29) is 10.8 Å². The first kappa shape index (κ1) is 24.8. The third kappa shape index (κ3) is 3.15. The van der Waals surface area contributed by atoms with Crippen molar-refractivity contribution in [3.63, 3.8) is 0 Å². The van der Waals surface area contributed by atoms with Crippen LogP contribution in [-0.2, 0) is 26.0 Å². The summed E-state index contributed by atoms with van der Waals surface area (Å²) in [6.07, 6.45) is 0. The quantitative estimate of drug-likeness (QED) is 0.368. The summed E-state index contributed by atoms with van der Waals surface area (Å²) in [5.74, 6) is 0.546. The molecule has 0 aromatic heterocycles. The van der Waals surface area contributed by atoms with Crippen molar-refractivity contribution in [2.45, 2.75) is 71.8 Å². The van der Waals surface area contributed by atoms with Gasteiger partial charge >= 0.3 is 218 Å². The first-order chi connectivity index (χ1) is 16.5. The van der Waals surface area contributed by atoms with Crippen molar-refractivity contribution in [1.29, 1.82) is 0 Å². The predicted octanol–water partition coefficient (Wildman–Crippen LogP) is 9.45. The number of fused-ring (bicyclic) bond motifs is 2. The Bertz CT molecular complexity index is 1210. The summed E-state index contributed by atoms with van der Waals surface area (Å²) >= 11 is -2.99. The van der Waals surface area contributed by atoms with Gasteiger partial charge in [-0.15, -0.1) is 0 Å². The average molecular weight is 499 g/mol. The molecule has 2 aliphatic carbocycles. The second kappa shape index (κ2) is 8.32. The van der Waals surface area contributed by atoms with Gasteiger partial charge in [-0.3, -0.25) is 0 Å². The van der Waals surface area contributed by atoms with Gasteiger partial charge in [0.15, 0.2) is 0 Å². The molecule has 3 aliphatic rings. The fraction of sp³-hybridized carbons (Fsp3) is 0.412. The SMILES string of the molecule is CC1=C(C)C2(C)[C](=C1C)[Ti]([CH2]c1ccccc1)([CH2]c1ccccc1)[C]1=C(C)C(C)=C(C)C1(C)C2C.